The molecule has 9 heteroatoms. The minimum Gasteiger partial charge on any atom is -0.268 e. The van der Waals surface area contributed by atoms with Gasteiger partial charge in [-0.05, 0) is 47.5 Å². The van der Waals surface area contributed by atoms with E-state index in [0.29, 0.717) is 11.1 Å². The maximum atomic E-state index is 12.9. The van der Waals surface area contributed by atoms with Gasteiger partial charge >= 0.3 is 0 Å². The molecule has 0 atom stereocenters. The summed E-state index contributed by atoms with van der Waals surface area (Å²) in [5, 5.41) is 0. The lowest BCUT2D eigenvalue weighted by atomic mass is 10.2. The average Bonchev–Trinajstić information content (AvgIpc) is 2.99. The minimum atomic E-state index is -3.78. The first-order chi connectivity index (χ1) is 14.3. The Morgan fingerprint density at radius 3 is 2.23 bits per heavy atom. The largest absolute Gasteiger partial charge is 0.280 e. The second kappa shape index (κ2) is 7.77. The van der Waals surface area contributed by atoms with Crippen LogP contribution in [-0.2, 0) is 23.1 Å². The van der Waals surface area contributed by atoms with Crippen molar-refractivity contribution in [2.45, 2.75) is 18.0 Å². The first kappa shape index (κ1) is 19.9. The molecular weight excluding hydrogens is 409 g/mol. The van der Waals surface area contributed by atoms with Crippen molar-refractivity contribution in [1.82, 2.24) is 14.6 Å². The van der Waals surface area contributed by atoms with Gasteiger partial charge in [0.05, 0.1) is 17.0 Å². The number of carbonyl (C=O) groups excluding carboxylic acids is 2. The zero-order valence-corrected chi connectivity index (χ0v) is 16.4. The highest BCUT2D eigenvalue weighted by molar-refractivity contribution is 7.89. The van der Waals surface area contributed by atoms with Gasteiger partial charge in [0.15, 0.2) is 0 Å². The Labute approximate surface area is 172 Å². The predicted octanol–water partition coefficient (Wildman–Crippen LogP) is 2.50. The third-order valence-corrected chi connectivity index (χ3v) is 6.10. The van der Waals surface area contributed by atoms with Crippen LogP contribution in [0.15, 0.2) is 71.8 Å². The predicted molar refractivity (Wildman–Crippen MR) is 105 cm³/mol. The number of fused-ring (bicyclic) bond motifs is 1. The lowest BCUT2D eigenvalue weighted by Crippen LogP contribution is -2.29. The summed E-state index contributed by atoms with van der Waals surface area (Å²) >= 11 is 0. The number of imide groups is 1. The molecule has 0 saturated carbocycles. The molecule has 0 aliphatic carbocycles. The van der Waals surface area contributed by atoms with E-state index in [2.05, 4.69) is 9.71 Å². The lowest BCUT2D eigenvalue weighted by molar-refractivity contribution is 0.0640. The third kappa shape index (κ3) is 3.85. The molecule has 30 heavy (non-hydrogen) atoms. The summed E-state index contributed by atoms with van der Waals surface area (Å²) in [7, 11) is -3.78. The van der Waals surface area contributed by atoms with Crippen molar-refractivity contribution >= 4 is 21.8 Å². The summed E-state index contributed by atoms with van der Waals surface area (Å²) < 4.78 is 40.3. The van der Waals surface area contributed by atoms with Crippen molar-refractivity contribution in [3.05, 3.63) is 95.1 Å². The average molecular weight is 425 g/mol. The molecule has 0 saturated heterocycles. The van der Waals surface area contributed by atoms with Gasteiger partial charge in [-0.1, -0.05) is 24.3 Å². The Hall–Kier alpha value is -3.43. The summed E-state index contributed by atoms with van der Waals surface area (Å²) in [4.78, 5) is 29.9. The maximum absolute atomic E-state index is 12.9. The van der Waals surface area contributed by atoms with E-state index in [1.165, 1.54) is 42.6 Å². The quantitative estimate of drug-likeness (QED) is 0.612. The number of aromatic nitrogens is 1. The molecule has 7 nitrogen and oxygen atoms in total. The van der Waals surface area contributed by atoms with Crippen molar-refractivity contribution in [3.63, 3.8) is 0 Å². The molecule has 0 radical (unpaired) electrons. The van der Waals surface area contributed by atoms with Crippen molar-refractivity contribution in [2.75, 3.05) is 0 Å². The van der Waals surface area contributed by atoms with Crippen LogP contribution < -0.4 is 4.72 Å². The van der Waals surface area contributed by atoms with E-state index in [4.69, 9.17) is 0 Å². The van der Waals surface area contributed by atoms with Gasteiger partial charge in [-0.15, -0.1) is 0 Å². The fourth-order valence-corrected chi connectivity index (χ4v) is 4.10. The number of rotatable bonds is 6. The highest BCUT2D eigenvalue weighted by atomic mass is 32.2. The Bertz CT molecular complexity index is 1190. The van der Waals surface area contributed by atoms with Crippen molar-refractivity contribution < 1.29 is 22.4 Å². The number of hydrogen-bond acceptors (Lipinski definition) is 5. The zero-order valence-electron chi connectivity index (χ0n) is 15.6. The molecule has 2 aromatic carbocycles. The number of nitrogens with one attached hydrogen (secondary N) is 1. The van der Waals surface area contributed by atoms with E-state index in [9.17, 15) is 22.4 Å². The normalized spacial score (nSPS) is 13.6. The summed E-state index contributed by atoms with van der Waals surface area (Å²) in [5.74, 6) is -1.31. The van der Waals surface area contributed by atoms with Gasteiger partial charge in [-0.2, -0.15) is 0 Å². The van der Waals surface area contributed by atoms with Crippen molar-refractivity contribution in [3.8, 4) is 0 Å². The van der Waals surface area contributed by atoms with Crippen LogP contribution in [0.25, 0.3) is 0 Å². The van der Waals surface area contributed by atoms with Crippen molar-refractivity contribution in [2.24, 2.45) is 0 Å². The van der Waals surface area contributed by atoms with Crippen LogP contribution in [0.1, 0.15) is 32.0 Å². The van der Waals surface area contributed by atoms with Gasteiger partial charge in [-0.3, -0.25) is 19.5 Å². The molecule has 4 rings (SSSR count). The topological polar surface area (TPSA) is 96.4 Å². The Morgan fingerprint density at radius 2 is 1.57 bits per heavy atom. The van der Waals surface area contributed by atoms with Gasteiger partial charge in [0.25, 0.3) is 11.8 Å². The highest BCUT2D eigenvalue weighted by Crippen LogP contribution is 2.23. The number of benzene rings is 2. The smallest absolute Gasteiger partial charge is 0.268 e. The Kier molecular flexibility index (Phi) is 5.15. The molecule has 0 fully saturated rings. The summed E-state index contributed by atoms with van der Waals surface area (Å²) in [6.45, 7) is 0.0315. The standard InChI is InChI=1S/C21H16FN3O4S/c22-16-7-3-14(4-8-16)12-24-30(28,29)17-9-5-15(6-10-17)13-25-20(26)18-2-1-11-23-19(18)21(25)27/h1-11,24H,12-13H2. The van der Waals surface area contributed by atoms with Crippen LogP contribution in [0, 0.1) is 5.82 Å². The van der Waals surface area contributed by atoms with E-state index < -0.39 is 27.7 Å². The van der Waals surface area contributed by atoms with E-state index >= 15 is 0 Å². The van der Waals surface area contributed by atoms with Crippen LogP contribution in [0.5, 0.6) is 0 Å². The van der Waals surface area contributed by atoms with Gasteiger partial charge in [0.2, 0.25) is 10.0 Å². The second-order valence-electron chi connectivity index (χ2n) is 6.69. The van der Waals surface area contributed by atoms with Crippen LogP contribution in [0.2, 0.25) is 0 Å². The first-order valence-corrected chi connectivity index (χ1v) is 10.5. The number of carbonyl (C=O) groups is 2. The fraction of sp³-hybridized carbons (Fsp3) is 0.0952. The number of sulfonamides is 1. The fourth-order valence-electron chi connectivity index (χ4n) is 3.08. The second-order valence-corrected chi connectivity index (χ2v) is 8.46. The monoisotopic (exact) mass is 425 g/mol. The van der Waals surface area contributed by atoms with E-state index in [0.717, 1.165) is 4.90 Å². The summed E-state index contributed by atoms with van der Waals surface area (Å²) in [6, 6.07) is 14.5. The minimum absolute atomic E-state index is 0.0113. The summed E-state index contributed by atoms with van der Waals surface area (Å²) in [6.07, 6.45) is 1.45. The van der Waals surface area contributed by atoms with Crippen LogP contribution in [-0.4, -0.2) is 30.1 Å². The van der Waals surface area contributed by atoms with Crippen LogP contribution >= 0.6 is 0 Å². The molecule has 1 aliphatic rings. The lowest BCUT2D eigenvalue weighted by Gasteiger charge is -2.14. The van der Waals surface area contributed by atoms with E-state index in [1.807, 2.05) is 0 Å². The third-order valence-electron chi connectivity index (χ3n) is 4.68. The number of pyridine rings is 1. The zero-order chi connectivity index (χ0) is 21.3. The van der Waals surface area contributed by atoms with Gasteiger partial charge in [0.1, 0.15) is 11.5 Å². The molecular formula is C21H16FN3O4S. The SMILES string of the molecule is O=C1c2cccnc2C(=O)N1Cc1ccc(S(=O)(=O)NCc2ccc(F)cc2)cc1. The molecule has 3 aromatic rings. The molecule has 0 unspecified atom stereocenters. The van der Waals surface area contributed by atoms with E-state index in [-0.39, 0.29) is 29.2 Å². The Balaban J connectivity index is 1.44. The summed E-state index contributed by atoms with van der Waals surface area (Å²) in [5.41, 5.74) is 1.59. The molecule has 2 heterocycles. The van der Waals surface area contributed by atoms with Gasteiger partial charge in [-0.25, -0.2) is 17.5 Å². The van der Waals surface area contributed by atoms with Crippen LogP contribution in [0.3, 0.4) is 0 Å². The number of halogens is 1. The van der Waals surface area contributed by atoms with Gasteiger partial charge in [0, 0.05) is 12.7 Å². The maximum Gasteiger partial charge on any atom is 0.280 e. The molecule has 152 valence electrons. The van der Waals surface area contributed by atoms with E-state index in [1.54, 1.807) is 24.3 Å². The molecule has 1 N–H and O–H groups in total. The van der Waals surface area contributed by atoms with Crippen molar-refractivity contribution in [1.29, 1.82) is 0 Å². The Morgan fingerprint density at radius 1 is 0.900 bits per heavy atom. The molecule has 1 aromatic heterocycles. The van der Waals surface area contributed by atoms with Gasteiger partial charge < -0.3 is 0 Å². The number of nitrogens with zero attached hydrogens (tertiary/aromatic N) is 2. The number of hydrogen-bond donors (Lipinski definition) is 1. The first-order valence-electron chi connectivity index (χ1n) is 8.99. The molecule has 0 spiro atoms. The molecule has 2 amide bonds. The van der Waals surface area contributed by atoms with Crippen LogP contribution in [0.4, 0.5) is 4.39 Å². The highest BCUT2D eigenvalue weighted by Gasteiger charge is 2.36. The molecule has 0 bridgehead atoms. The molecule has 1 aliphatic heterocycles. The number of amides is 2.